The molecule has 0 aliphatic rings. The number of primary amides is 1. The zero-order valence-corrected chi connectivity index (χ0v) is 14.4. The molecule has 0 aliphatic carbocycles. The van der Waals surface area contributed by atoms with Crippen LogP contribution in [-0.4, -0.2) is 22.2 Å². The van der Waals surface area contributed by atoms with Gasteiger partial charge in [-0.3, -0.25) is 9.78 Å². The molecule has 1 aromatic carbocycles. The number of amides is 1. The molecule has 3 aromatic rings. The molecule has 2 aromatic heterocycles. The molecule has 0 atom stereocenters. The second kappa shape index (κ2) is 7.95. The molecular formula is C19H15F3N4O2. The molecule has 144 valence electrons. The van der Waals surface area contributed by atoms with Gasteiger partial charge in [-0.25, -0.2) is 4.98 Å². The van der Waals surface area contributed by atoms with Gasteiger partial charge in [-0.15, -0.1) is 13.2 Å². The van der Waals surface area contributed by atoms with Crippen LogP contribution in [0.1, 0.15) is 5.56 Å². The number of hydrogen-bond donors (Lipinski definition) is 2. The van der Waals surface area contributed by atoms with Crippen molar-refractivity contribution in [2.24, 2.45) is 5.73 Å². The number of nitrogens with two attached hydrogens (primary N) is 1. The summed E-state index contributed by atoms with van der Waals surface area (Å²) in [5.41, 5.74) is 7.67. The molecule has 9 heteroatoms. The SMILES string of the molecule is NC(=O)Cc1ccnc(-c2ccc(Nc3cccc(OC(F)(F)F)c3)nc2)c1. The fourth-order valence-corrected chi connectivity index (χ4v) is 2.48. The summed E-state index contributed by atoms with van der Waals surface area (Å²) < 4.78 is 40.8. The number of nitrogens with zero attached hydrogens (tertiary/aromatic N) is 2. The Kier molecular flexibility index (Phi) is 5.44. The van der Waals surface area contributed by atoms with Crippen LogP contribution in [0.15, 0.2) is 60.9 Å². The van der Waals surface area contributed by atoms with Crippen molar-refractivity contribution >= 4 is 17.4 Å². The first kappa shape index (κ1) is 19.2. The van der Waals surface area contributed by atoms with E-state index < -0.39 is 12.3 Å². The minimum Gasteiger partial charge on any atom is -0.406 e. The normalized spacial score (nSPS) is 11.1. The van der Waals surface area contributed by atoms with Crippen LogP contribution in [0, 0.1) is 0 Å². The molecule has 0 bridgehead atoms. The van der Waals surface area contributed by atoms with Crippen LogP contribution in [0.25, 0.3) is 11.3 Å². The first-order valence-electron chi connectivity index (χ1n) is 8.11. The van der Waals surface area contributed by atoms with Crippen molar-refractivity contribution in [1.82, 2.24) is 9.97 Å². The van der Waals surface area contributed by atoms with Crippen LogP contribution in [0.2, 0.25) is 0 Å². The van der Waals surface area contributed by atoms with E-state index in [2.05, 4.69) is 20.0 Å². The van der Waals surface area contributed by atoms with Crippen molar-refractivity contribution in [2.45, 2.75) is 12.8 Å². The Hall–Kier alpha value is -3.62. The van der Waals surface area contributed by atoms with Gasteiger partial charge in [-0.05, 0) is 42.0 Å². The van der Waals surface area contributed by atoms with Gasteiger partial charge in [-0.2, -0.15) is 0 Å². The number of benzene rings is 1. The van der Waals surface area contributed by atoms with Crippen molar-refractivity contribution in [2.75, 3.05) is 5.32 Å². The van der Waals surface area contributed by atoms with Gasteiger partial charge in [0.15, 0.2) is 0 Å². The van der Waals surface area contributed by atoms with Crippen LogP contribution in [0.3, 0.4) is 0 Å². The molecule has 0 saturated heterocycles. The van der Waals surface area contributed by atoms with Gasteiger partial charge in [0.25, 0.3) is 0 Å². The number of carbonyl (C=O) groups excluding carboxylic acids is 1. The van der Waals surface area contributed by atoms with Crippen LogP contribution in [-0.2, 0) is 11.2 Å². The fraction of sp³-hybridized carbons (Fsp3) is 0.105. The Bertz CT molecular complexity index is 975. The summed E-state index contributed by atoms with van der Waals surface area (Å²) in [5.74, 6) is -0.336. The summed E-state index contributed by atoms with van der Waals surface area (Å²) in [7, 11) is 0. The highest BCUT2D eigenvalue weighted by molar-refractivity contribution is 5.77. The summed E-state index contributed by atoms with van der Waals surface area (Å²) in [6, 6.07) is 12.3. The monoisotopic (exact) mass is 388 g/mol. The van der Waals surface area contributed by atoms with Gasteiger partial charge >= 0.3 is 6.36 Å². The maximum absolute atomic E-state index is 12.3. The lowest BCUT2D eigenvalue weighted by molar-refractivity contribution is -0.274. The van der Waals surface area contributed by atoms with E-state index in [0.717, 1.165) is 5.56 Å². The van der Waals surface area contributed by atoms with E-state index in [1.807, 2.05) is 0 Å². The summed E-state index contributed by atoms with van der Waals surface area (Å²) in [6.45, 7) is 0. The summed E-state index contributed by atoms with van der Waals surface area (Å²) in [6.07, 6.45) is -1.51. The van der Waals surface area contributed by atoms with Gasteiger partial charge in [0.1, 0.15) is 11.6 Å². The number of pyridine rings is 2. The highest BCUT2D eigenvalue weighted by Crippen LogP contribution is 2.27. The molecule has 6 nitrogen and oxygen atoms in total. The Morgan fingerprint density at radius 3 is 2.61 bits per heavy atom. The number of ether oxygens (including phenoxy) is 1. The Morgan fingerprint density at radius 1 is 1.11 bits per heavy atom. The van der Waals surface area contributed by atoms with E-state index in [1.165, 1.54) is 18.2 Å². The van der Waals surface area contributed by atoms with Crippen LogP contribution in [0.4, 0.5) is 24.7 Å². The Labute approximate surface area is 158 Å². The molecule has 0 spiro atoms. The molecule has 3 N–H and O–H groups in total. The average Bonchev–Trinajstić information content (AvgIpc) is 2.61. The van der Waals surface area contributed by atoms with Gasteiger partial charge in [0.05, 0.1) is 12.1 Å². The quantitative estimate of drug-likeness (QED) is 0.670. The highest BCUT2D eigenvalue weighted by Gasteiger charge is 2.31. The molecule has 2 heterocycles. The number of aromatic nitrogens is 2. The number of hydrogen-bond acceptors (Lipinski definition) is 5. The second-order valence-corrected chi connectivity index (χ2v) is 5.83. The molecule has 28 heavy (non-hydrogen) atoms. The lowest BCUT2D eigenvalue weighted by Crippen LogP contribution is -2.17. The van der Waals surface area contributed by atoms with E-state index in [1.54, 1.807) is 42.7 Å². The smallest absolute Gasteiger partial charge is 0.406 e. The molecule has 0 aliphatic heterocycles. The summed E-state index contributed by atoms with van der Waals surface area (Å²) >= 11 is 0. The zero-order chi connectivity index (χ0) is 20.1. The lowest BCUT2D eigenvalue weighted by Gasteiger charge is -2.11. The van der Waals surface area contributed by atoms with Crippen LogP contribution >= 0.6 is 0 Å². The van der Waals surface area contributed by atoms with E-state index in [9.17, 15) is 18.0 Å². The minimum atomic E-state index is -4.76. The molecule has 3 rings (SSSR count). The van der Waals surface area contributed by atoms with E-state index >= 15 is 0 Å². The third-order valence-corrected chi connectivity index (χ3v) is 3.60. The Morgan fingerprint density at radius 2 is 1.93 bits per heavy atom. The largest absolute Gasteiger partial charge is 0.573 e. The van der Waals surface area contributed by atoms with Gasteiger partial charge in [0, 0.05) is 29.7 Å². The van der Waals surface area contributed by atoms with Gasteiger partial charge in [0.2, 0.25) is 5.91 Å². The van der Waals surface area contributed by atoms with Crippen molar-refractivity contribution in [1.29, 1.82) is 0 Å². The van der Waals surface area contributed by atoms with Crippen molar-refractivity contribution < 1.29 is 22.7 Å². The van der Waals surface area contributed by atoms with Gasteiger partial charge < -0.3 is 15.8 Å². The predicted molar refractivity (Wildman–Crippen MR) is 96.8 cm³/mol. The van der Waals surface area contributed by atoms with Crippen LogP contribution in [0.5, 0.6) is 5.75 Å². The minimum absolute atomic E-state index is 0.110. The fourth-order valence-electron chi connectivity index (χ4n) is 2.48. The van der Waals surface area contributed by atoms with Crippen molar-refractivity contribution in [3.05, 3.63) is 66.5 Å². The summed E-state index contributed by atoms with van der Waals surface area (Å²) in [5, 5.41) is 2.91. The summed E-state index contributed by atoms with van der Waals surface area (Å²) in [4.78, 5) is 19.5. The Balaban J connectivity index is 1.73. The molecule has 0 fully saturated rings. The molecule has 0 radical (unpaired) electrons. The number of halogens is 3. The van der Waals surface area contributed by atoms with Crippen LogP contribution < -0.4 is 15.8 Å². The van der Waals surface area contributed by atoms with E-state index in [4.69, 9.17) is 5.73 Å². The lowest BCUT2D eigenvalue weighted by atomic mass is 10.1. The molecule has 0 saturated carbocycles. The van der Waals surface area contributed by atoms with E-state index in [-0.39, 0.29) is 12.2 Å². The third kappa shape index (κ3) is 5.44. The maximum Gasteiger partial charge on any atom is 0.573 e. The number of rotatable bonds is 6. The molecule has 1 amide bonds. The van der Waals surface area contributed by atoms with Crippen molar-refractivity contribution in [3.8, 4) is 17.0 Å². The molecular weight excluding hydrogens is 373 g/mol. The number of nitrogens with one attached hydrogen (secondary N) is 1. The van der Waals surface area contributed by atoms with Crippen molar-refractivity contribution in [3.63, 3.8) is 0 Å². The first-order valence-corrected chi connectivity index (χ1v) is 8.11. The average molecular weight is 388 g/mol. The number of anilines is 2. The zero-order valence-electron chi connectivity index (χ0n) is 14.4. The highest BCUT2D eigenvalue weighted by atomic mass is 19.4. The first-order chi connectivity index (χ1) is 13.3. The number of carbonyl (C=O) groups is 1. The topological polar surface area (TPSA) is 90.1 Å². The predicted octanol–water partition coefficient (Wildman–Crippen LogP) is 3.81. The second-order valence-electron chi connectivity index (χ2n) is 5.83. The standard InChI is InChI=1S/C19H15F3N4O2/c20-19(21,22)28-15-3-1-2-14(10-15)26-18-5-4-13(11-25-18)16-8-12(6-7-24-16)9-17(23)27/h1-8,10-11H,9H2,(H2,23,27)(H,25,26). The maximum atomic E-state index is 12.3. The van der Waals surface area contributed by atoms with Gasteiger partial charge in [-0.1, -0.05) is 6.07 Å². The third-order valence-electron chi connectivity index (χ3n) is 3.60. The molecule has 0 unspecified atom stereocenters. The van der Waals surface area contributed by atoms with E-state index in [0.29, 0.717) is 22.8 Å². The number of alkyl halides is 3.